The highest BCUT2D eigenvalue weighted by atomic mass is 32.2. The second-order valence-corrected chi connectivity index (χ2v) is 6.74. The Balaban J connectivity index is 1.88. The maximum atomic E-state index is 12.7. The number of ether oxygens (including phenoxy) is 2. The van der Waals surface area contributed by atoms with Gasteiger partial charge in [-0.1, -0.05) is 42.5 Å². The Bertz CT molecular complexity index is 676. The summed E-state index contributed by atoms with van der Waals surface area (Å²) in [6.07, 6.45) is -4.86. The Kier molecular flexibility index (Phi) is 5.88. The van der Waals surface area contributed by atoms with Crippen molar-refractivity contribution in [3.05, 3.63) is 60.2 Å². The number of benzene rings is 2. The summed E-state index contributed by atoms with van der Waals surface area (Å²) < 4.78 is 48.1. The van der Waals surface area contributed by atoms with Crippen LogP contribution in [0.2, 0.25) is 0 Å². The Hall–Kier alpha value is -1.70. The van der Waals surface area contributed by atoms with E-state index in [0.717, 1.165) is 12.1 Å². The minimum absolute atomic E-state index is 0.139. The Labute approximate surface area is 148 Å². The summed E-state index contributed by atoms with van der Waals surface area (Å²) in [7, 11) is 0. The van der Waals surface area contributed by atoms with Crippen molar-refractivity contribution in [3.8, 4) is 5.75 Å². The van der Waals surface area contributed by atoms with E-state index < -0.39 is 6.36 Å². The zero-order valence-electron chi connectivity index (χ0n) is 13.3. The fraction of sp³-hybridized carbons (Fsp3) is 0.333. The molecule has 3 rings (SSSR count). The van der Waals surface area contributed by atoms with E-state index in [9.17, 15) is 13.2 Å². The summed E-state index contributed by atoms with van der Waals surface area (Å²) in [4.78, 5) is 0.433. The van der Waals surface area contributed by atoms with Gasteiger partial charge in [0.1, 0.15) is 5.75 Å². The summed E-state index contributed by atoms with van der Waals surface area (Å²) in [5.74, 6) is -0.190. The van der Waals surface area contributed by atoms with Gasteiger partial charge in [-0.05, 0) is 17.7 Å². The number of hydrogen-bond acceptors (Lipinski definition) is 4. The van der Waals surface area contributed by atoms with Crippen molar-refractivity contribution in [1.29, 1.82) is 0 Å². The van der Waals surface area contributed by atoms with Gasteiger partial charge in [-0.25, -0.2) is 0 Å². The summed E-state index contributed by atoms with van der Waals surface area (Å²) in [6, 6.07) is 15.9. The molecule has 1 saturated heterocycles. The Morgan fingerprint density at radius 1 is 1.08 bits per heavy atom. The van der Waals surface area contributed by atoms with Gasteiger partial charge in [0.2, 0.25) is 0 Å². The number of para-hydroxylation sites is 1. The van der Waals surface area contributed by atoms with Crippen LogP contribution in [0, 0.1) is 0 Å². The monoisotopic (exact) mass is 369 g/mol. The van der Waals surface area contributed by atoms with Gasteiger partial charge in [0.25, 0.3) is 0 Å². The zero-order chi connectivity index (χ0) is 17.7. The topological polar surface area (TPSA) is 30.5 Å². The van der Waals surface area contributed by atoms with Crippen LogP contribution in [0.3, 0.4) is 0 Å². The van der Waals surface area contributed by atoms with Crippen LogP contribution in [-0.2, 0) is 4.74 Å². The number of rotatable bonds is 5. The van der Waals surface area contributed by atoms with Crippen LogP contribution in [0.1, 0.15) is 10.8 Å². The lowest BCUT2D eigenvalue weighted by Crippen LogP contribution is -2.41. The first-order valence-corrected chi connectivity index (χ1v) is 8.79. The lowest BCUT2D eigenvalue weighted by Gasteiger charge is -2.31. The molecular formula is C18H18F3NO2S. The van der Waals surface area contributed by atoms with Crippen LogP contribution in [-0.4, -0.2) is 32.2 Å². The molecule has 0 spiro atoms. The number of alkyl halides is 3. The molecule has 7 heteroatoms. The quantitative estimate of drug-likeness (QED) is 0.791. The summed E-state index contributed by atoms with van der Waals surface area (Å²) >= 11 is 1.33. The average Bonchev–Trinajstić information content (AvgIpc) is 2.61. The van der Waals surface area contributed by atoms with E-state index in [0.29, 0.717) is 18.0 Å². The lowest BCUT2D eigenvalue weighted by atomic mass is 10.1. The van der Waals surface area contributed by atoms with E-state index in [1.165, 1.54) is 23.9 Å². The van der Waals surface area contributed by atoms with Gasteiger partial charge in [0.05, 0.1) is 22.9 Å². The van der Waals surface area contributed by atoms with Crippen molar-refractivity contribution in [3.63, 3.8) is 0 Å². The molecule has 1 aliphatic heterocycles. The van der Waals surface area contributed by atoms with Crippen LogP contribution in [0.5, 0.6) is 5.75 Å². The molecule has 0 radical (unpaired) electrons. The number of morpholine rings is 1. The van der Waals surface area contributed by atoms with Gasteiger partial charge in [0.15, 0.2) is 0 Å². The molecule has 1 heterocycles. The van der Waals surface area contributed by atoms with Crippen LogP contribution >= 0.6 is 11.8 Å². The molecule has 134 valence electrons. The molecule has 2 aromatic rings. The molecule has 1 N–H and O–H groups in total. The summed E-state index contributed by atoms with van der Waals surface area (Å²) in [5, 5.41) is 3.13. The maximum Gasteiger partial charge on any atom is 0.573 e. The molecular weight excluding hydrogens is 351 g/mol. The van der Waals surface area contributed by atoms with Gasteiger partial charge in [-0.2, -0.15) is 0 Å². The van der Waals surface area contributed by atoms with Crippen LogP contribution in [0.4, 0.5) is 13.2 Å². The maximum absolute atomic E-state index is 12.7. The molecule has 0 amide bonds. The molecule has 1 aliphatic rings. The van der Waals surface area contributed by atoms with Crippen molar-refractivity contribution < 1.29 is 22.6 Å². The molecule has 2 aromatic carbocycles. The molecule has 0 aromatic heterocycles. The summed E-state index contributed by atoms with van der Waals surface area (Å²) in [5.41, 5.74) is 1.00. The standard InChI is InChI=1S/C18H18F3NO2S/c19-18(20,21)24-14-8-4-5-9-16(14)25-17(13-6-2-1-3-7-13)15-12-22-10-11-23-15/h1-9,15,17,22H,10-12H2. The van der Waals surface area contributed by atoms with Crippen LogP contribution < -0.4 is 10.1 Å². The average molecular weight is 369 g/mol. The number of nitrogens with one attached hydrogen (secondary N) is 1. The molecule has 2 unspecified atom stereocenters. The first-order valence-electron chi connectivity index (χ1n) is 7.91. The van der Waals surface area contributed by atoms with Crippen molar-refractivity contribution in [2.24, 2.45) is 0 Å². The number of thioether (sulfide) groups is 1. The van der Waals surface area contributed by atoms with E-state index >= 15 is 0 Å². The smallest absolute Gasteiger partial charge is 0.405 e. The van der Waals surface area contributed by atoms with E-state index in [2.05, 4.69) is 10.1 Å². The van der Waals surface area contributed by atoms with Gasteiger partial charge in [0, 0.05) is 13.1 Å². The third kappa shape index (κ3) is 5.14. The molecule has 0 bridgehead atoms. The Morgan fingerprint density at radius 2 is 1.80 bits per heavy atom. The number of hydrogen-bond donors (Lipinski definition) is 1. The molecule has 25 heavy (non-hydrogen) atoms. The second-order valence-electron chi connectivity index (χ2n) is 5.56. The predicted octanol–water partition coefficient (Wildman–Crippen LogP) is 4.41. The minimum Gasteiger partial charge on any atom is -0.405 e. The van der Waals surface area contributed by atoms with Crippen LogP contribution in [0.25, 0.3) is 0 Å². The first-order chi connectivity index (χ1) is 12.0. The molecule has 2 atom stereocenters. The van der Waals surface area contributed by atoms with Gasteiger partial charge < -0.3 is 14.8 Å². The first kappa shape index (κ1) is 18.1. The van der Waals surface area contributed by atoms with E-state index in [1.54, 1.807) is 12.1 Å². The fourth-order valence-electron chi connectivity index (χ4n) is 2.67. The molecule has 3 nitrogen and oxygen atoms in total. The minimum atomic E-state index is -4.72. The largest absolute Gasteiger partial charge is 0.573 e. The van der Waals surface area contributed by atoms with E-state index in [1.807, 2.05) is 30.3 Å². The number of halogens is 3. The highest BCUT2D eigenvalue weighted by molar-refractivity contribution is 7.99. The Morgan fingerprint density at radius 3 is 2.48 bits per heavy atom. The normalized spacial score (nSPS) is 19.4. The van der Waals surface area contributed by atoms with Crippen molar-refractivity contribution in [2.75, 3.05) is 19.7 Å². The van der Waals surface area contributed by atoms with Gasteiger partial charge in [-0.3, -0.25) is 0 Å². The second kappa shape index (κ2) is 8.12. The zero-order valence-corrected chi connectivity index (χ0v) is 14.1. The van der Waals surface area contributed by atoms with Crippen molar-refractivity contribution in [1.82, 2.24) is 5.32 Å². The predicted molar refractivity (Wildman–Crippen MR) is 90.8 cm³/mol. The summed E-state index contributed by atoms with van der Waals surface area (Å²) in [6.45, 7) is 2.00. The third-order valence-corrected chi connectivity index (χ3v) is 5.17. The lowest BCUT2D eigenvalue weighted by molar-refractivity contribution is -0.275. The van der Waals surface area contributed by atoms with Gasteiger partial charge >= 0.3 is 6.36 Å². The van der Waals surface area contributed by atoms with E-state index in [4.69, 9.17) is 4.74 Å². The highest BCUT2D eigenvalue weighted by Gasteiger charge is 2.33. The third-order valence-electron chi connectivity index (χ3n) is 3.75. The molecule has 1 fully saturated rings. The fourth-order valence-corrected chi connectivity index (χ4v) is 3.95. The highest BCUT2D eigenvalue weighted by Crippen LogP contribution is 2.43. The van der Waals surface area contributed by atoms with Crippen LogP contribution in [0.15, 0.2) is 59.5 Å². The SMILES string of the molecule is FC(F)(F)Oc1ccccc1SC(c1ccccc1)C1CNCCO1. The van der Waals surface area contributed by atoms with Gasteiger partial charge in [-0.15, -0.1) is 24.9 Å². The van der Waals surface area contributed by atoms with Crippen molar-refractivity contribution >= 4 is 11.8 Å². The van der Waals surface area contributed by atoms with E-state index in [-0.39, 0.29) is 17.1 Å². The molecule has 0 saturated carbocycles. The van der Waals surface area contributed by atoms with Crippen molar-refractivity contribution in [2.45, 2.75) is 22.6 Å². The molecule has 0 aliphatic carbocycles.